The Kier molecular flexibility index (Phi) is 8.08. The van der Waals surface area contributed by atoms with Crippen LogP contribution in [0.2, 0.25) is 0 Å². The Morgan fingerprint density at radius 3 is 2.62 bits per heavy atom. The molecule has 0 radical (unpaired) electrons. The van der Waals surface area contributed by atoms with Crippen LogP contribution in [0.5, 0.6) is 0 Å². The zero-order valence-corrected chi connectivity index (χ0v) is 19.4. The third-order valence-corrected chi connectivity index (χ3v) is 5.63. The second-order valence-electron chi connectivity index (χ2n) is 8.54. The Labute approximate surface area is 199 Å². The number of amides is 4. The monoisotopic (exact) mass is 497 g/mol. The number of aromatic amines is 1. The predicted octanol–water partition coefficient (Wildman–Crippen LogP) is 1.98. The number of halogens is 3. The lowest BCUT2D eigenvalue weighted by Gasteiger charge is -2.28. The standard InChI is InChI=1S/C22H26ClF2N5O4/c1-11(2)8-16(28-20(32)17-9-13-14(24)4-3-5-15(13)27-17)21(33)29-30(22(34)18(23)25)10-12-6-7-26-19(12)31/h3-5,9,11-12,16,18,27H,6-8,10H2,1-2H3,(H,26,31)(H,28,32)(H,29,33)/t12-,16+,18+/m1/s1. The van der Waals surface area contributed by atoms with Gasteiger partial charge in [-0.1, -0.05) is 31.5 Å². The Balaban J connectivity index is 1.76. The fraction of sp³-hybridized carbons (Fsp3) is 0.455. The first-order valence-corrected chi connectivity index (χ1v) is 11.3. The van der Waals surface area contributed by atoms with E-state index in [0.29, 0.717) is 23.5 Å². The number of hydrazine groups is 1. The summed E-state index contributed by atoms with van der Waals surface area (Å²) < 4.78 is 27.5. The number of nitrogens with zero attached hydrogens (tertiary/aromatic N) is 1. The van der Waals surface area contributed by atoms with E-state index in [1.54, 1.807) is 6.07 Å². The molecule has 1 aromatic carbocycles. The van der Waals surface area contributed by atoms with Crippen molar-refractivity contribution in [3.63, 3.8) is 0 Å². The van der Waals surface area contributed by atoms with E-state index in [-0.39, 0.29) is 35.9 Å². The molecular formula is C22H26ClF2N5O4. The molecule has 2 heterocycles. The van der Waals surface area contributed by atoms with E-state index < -0.39 is 41.1 Å². The van der Waals surface area contributed by atoms with E-state index in [1.807, 2.05) is 13.8 Å². The molecule has 0 bridgehead atoms. The fourth-order valence-corrected chi connectivity index (χ4v) is 3.86. The van der Waals surface area contributed by atoms with Crippen LogP contribution in [0.3, 0.4) is 0 Å². The lowest BCUT2D eigenvalue weighted by molar-refractivity contribution is -0.145. The summed E-state index contributed by atoms with van der Waals surface area (Å²) in [6, 6.07) is 4.59. The van der Waals surface area contributed by atoms with E-state index in [9.17, 15) is 28.0 Å². The first kappa shape index (κ1) is 25.4. The van der Waals surface area contributed by atoms with Gasteiger partial charge in [0.25, 0.3) is 23.4 Å². The number of H-pyrrole nitrogens is 1. The van der Waals surface area contributed by atoms with Crippen molar-refractivity contribution in [1.29, 1.82) is 0 Å². The van der Waals surface area contributed by atoms with Gasteiger partial charge in [0.15, 0.2) is 0 Å². The predicted molar refractivity (Wildman–Crippen MR) is 121 cm³/mol. The molecule has 1 aliphatic heterocycles. The quantitative estimate of drug-likeness (QED) is 0.329. The number of nitrogens with one attached hydrogen (secondary N) is 4. The Hall–Kier alpha value is -3.21. The molecule has 1 aliphatic rings. The van der Waals surface area contributed by atoms with Crippen LogP contribution in [0.15, 0.2) is 24.3 Å². The number of carbonyl (C=O) groups excluding carboxylic acids is 4. The van der Waals surface area contributed by atoms with Gasteiger partial charge in [0, 0.05) is 17.4 Å². The molecule has 34 heavy (non-hydrogen) atoms. The minimum Gasteiger partial charge on any atom is -0.356 e. The van der Waals surface area contributed by atoms with Crippen LogP contribution in [0.25, 0.3) is 10.9 Å². The SMILES string of the molecule is CC(C)C[C@H](NC(=O)c1cc2c(F)cccc2[nH]1)C(=O)NN(C[C@H]1CCNC1=O)C(=O)[C@H](F)Cl. The summed E-state index contributed by atoms with van der Waals surface area (Å²) in [6.45, 7) is 3.78. The lowest BCUT2D eigenvalue weighted by atomic mass is 10.0. The number of rotatable bonds is 8. The summed E-state index contributed by atoms with van der Waals surface area (Å²) in [5.41, 5.74) is 0.330. The number of hydrogen-bond donors (Lipinski definition) is 4. The molecule has 1 saturated heterocycles. The molecule has 2 aromatic rings. The van der Waals surface area contributed by atoms with E-state index >= 15 is 0 Å². The topological polar surface area (TPSA) is 123 Å². The first-order chi connectivity index (χ1) is 16.1. The second-order valence-corrected chi connectivity index (χ2v) is 8.93. The smallest absolute Gasteiger partial charge is 0.291 e. The Morgan fingerprint density at radius 1 is 1.29 bits per heavy atom. The van der Waals surface area contributed by atoms with Crippen molar-refractivity contribution >= 4 is 46.1 Å². The molecule has 9 nitrogen and oxygen atoms in total. The van der Waals surface area contributed by atoms with Gasteiger partial charge in [0.1, 0.15) is 17.6 Å². The Bertz CT molecular complexity index is 1090. The number of aromatic nitrogens is 1. The van der Waals surface area contributed by atoms with E-state index in [1.165, 1.54) is 18.2 Å². The van der Waals surface area contributed by atoms with Crippen LogP contribution in [-0.4, -0.2) is 58.4 Å². The summed E-state index contributed by atoms with van der Waals surface area (Å²) in [5, 5.41) is 6.07. The van der Waals surface area contributed by atoms with Crippen molar-refractivity contribution in [1.82, 2.24) is 26.1 Å². The highest BCUT2D eigenvalue weighted by atomic mass is 35.5. The molecule has 0 spiro atoms. The van der Waals surface area contributed by atoms with Gasteiger partial charge in [-0.05, 0) is 37.0 Å². The molecule has 4 amide bonds. The van der Waals surface area contributed by atoms with Crippen LogP contribution in [-0.2, 0) is 14.4 Å². The van der Waals surface area contributed by atoms with Crippen molar-refractivity contribution in [3.05, 3.63) is 35.8 Å². The van der Waals surface area contributed by atoms with Crippen LogP contribution in [0.4, 0.5) is 8.78 Å². The highest BCUT2D eigenvalue weighted by Gasteiger charge is 2.33. The molecule has 1 fully saturated rings. The summed E-state index contributed by atoms with van der Waals surface area (Å²) in [5.74, 6) is -4.18. The van der Waals surface area contributed by atoms with Gasteiger partial charge in [-0.2, -0.15) is 0 Å². The molecule has 1 aromatic heterocycles. The first-order valence-electron chi connectivity index (χ1n) is 10.8. The number of benzene rings is 1. The number of carbonyl (C=O) groups is 4. The highest BCUT2D eigenvalue weighted by Crippen LogP contribution is 2.19. The van der Waals surface area contributed by atoms with Crippen LogP contribution in [0, 0.1) is 17.7 Å². The molecular weight excluding hydrogens is 472 g/mol. The van der Waals surface area contributed by atoms with Gasteiger partial charge >= 0.3 is 0 Å². The normalized spacial score (nSPS) is 17.4. The van der Waals surface area contributed by atoms with Gasteiger partial charge in [0.2, 0.25) is 5.91 Å². The maximum atomic E-state index is 14.0. The molecule has 184 valence electrons. The molecule has 3 atom stereocenters. The van der Waals surface area contributed by atoms with Gasteiger partial charge < -0.3 is 15.6 Å². The molecule has 3 rings (SSSR count). The van der Waals surface area contributed by atoms with Crippen LogP contribution < -0.4 is 16.1 Å². The Morgan fingerprint density at radius 2 is 2.03 bits per heavy atom. The minimum atomic E-state index is -2.43. The summed E-state index contributed by atoms with van der Waals surface area (Å²) in [4.78, 5) is 52.8. The van der Waals surface area contributed by atoms with E-state index in [0.717, 1.165) is 0 Å². The average molecular weight is 498 g/mol. The van der Waals surface area contributed by atoms with E-state index in [4.69, 9.17) is 11.6 Å². The maximum Gasteiger partial charge on any atom is 0.291 e. The largest absolute Gasteiger partial charge is 0.356 e. The molecule has 0 unspecified atom stereocenters. The summed E-state index contributed by atoms with van der Waals surface area (Å²) >= 11 is 5.29. The molecule has 4 N–H and O–H groups in total. The molecule has 12 heteroatoms. The number of alkyl halides is 2. The van der Waals surface area contributed by atoms with Crippen molar-refractivity contribution in [3.8, 4) is 0 Å². The van der Waals surface area contributed by atoms with Crippen LogP contribution in [0.1, 0.15) is 37.2 Å². The van der Waals surface area contributed by atoms with Crippen molar-refractivity contribution in [2.75, 3.05) is 13.1 Å². The minimum absolute atomic E-state index is 0.0390. The number of fused-ring (bicyclic) bond motifs is 1. The summed E-state index contributed by atoms with van der Waals surface area (Å²) in [6.07, 6.45) is 0.596. The highest BCUT2D eigenvalue weighted by molar-refractivity contribution is 6.29. The summed E-state index contributed by atoms with van der Waals surface area (Å²) in [7, 11) is 0. The fourth-order valence-electron chi connectivity index (χ4n) is 3.74. The number of hydrogen-bond acceptors (Lipinski definition) is 4. The van der Waals surface area contributed by atoms with Crippen molar-refractivity contribution < 1.29 is 28.0 Å². The van der Waals surface area contributed by atoms with Gasteiger partial charge in [-0.3, -0.25) is 24.6 Å². The zero-order chi connectivity index (χ0) is 25.0. The maximum absolute atomic E-state index is 14.0. The molecule has 0 saturated carbocycles. The van der Waals surface area contributed by atoms with Gasteiger partial charge in [0.05, 0.1) is 12.5 Å². The third-order valence-electron chi connectivity index (χ3n) is 5.45. The van der Waals surface area contributed by atoms with Crippen molar-refractivity contribution in [2.24, 2.45) is 11.8 Å². The zero-order valence-electron chi connectivity index (χ0n) is 18.7. The second kappa shape index (κ2) is 10.8. The van der Waals surface area contributed by atoms with Crippen LogP contribution >= 0.6 is 11.6 Å². The van der Waals surface area contributed by atoms with Gasteiger partial charge in [-0.15, -0.1) is 0 Å². The average Bonchev–Trinajstić information content (AvgIpc) is 3.39. The third kappa shape index (κ3) is 6.02. The lowest BCUT2D eigenvalue weighted by Crippen LogP contribution is -2.57. The molecule has 0 aliphatic carbocycles. The van der Waals surface area contributed by atoms with Crippen molar-refractivity contribution in [2.45, 2.75) is 38.4 Å². The van der Waals surface area contributed by atoms with Gasteiger partial charge in [-0.25, -0.2) is 13.8 Å². The van der Waals surface area contributed by atoms with E-state index in [2.05, 4.69) is 21.0 Å².